The van der Waals surface area contributed by atoms with E-state index in [4.69, 9.17) is 4.74 Å². The summed E-state index contributed by atoms with van der Waals surface area (Å²) < 4.78 is 18.8. The molecule has 98 valence electrons. The molecule has 1 spiro atoms. The standard InChI is InChI=1S/C15H20FNO/c16-13-3-1-12(2-4-13)9-14-10-15(11-18-14)5-7-17-8-6-15/h1-4,14,17H,5-11H2. The minimum atomic E-state index is -0.166. The van der Waals surface area contributed by atoms with Crippen molar-refractivity contribution in [1.82, 2.24) is 5.32 Å². The predicted molar refractivity (Wildman–Crippen MR) is 69.0 cm³/mol. The van der Waals surface area contributed by atoms with Crippen molar-refractivity contribution in [3.63, 3.8) is 0 Å². The number of ether oxygens (including phenoxy) is 1. The zero-order valence-corrected chi connectivity index (χ0v) is 10.6. The summed E-state index contributed by atoms with van der Waals surface area (Å²) in [4.78, 5) is 0. The average Bonchev–Trinajstić information content (AvgIpc) is 2.76. The Labute approximate surface area is 108 Å². The van der Waals surface area contributed by atoms with Crippen LogP contribution in [0, 0.1) is 11.2 Å². The molecular weight excluding hydrogens is 229 g/mol. The molecule has 1 unspecified atom stereocenters. The van der Waals surface area contributed by atoms with E-state index in [0.717, 1.165) is 32.5 Å². The van der Waals surface area contributed by atoms with E-state index < -0.39 is 0 Å². The molecule has 1 N–H and O–H groups in total. The van der Waals surface area contributed by atoms with Crippen molar-refractivity contribution >= 4 is 0 Å². The normalized spacial score (nSPS) is 26.6. The summed E-state index contributed by atoms with van der Waals surface area (Å²) in [6.07, 6.45) is 4.84. The Bertz CT molecular complexity index is 397. The van der Waals surface area contributed by atoms with Gasteiger partial charge in [-0.05, 0) is 61.9 Å². The third-order valence-electron chi connectivity index (χ3n) is 4.33. The van der Waals surface area contributed by atoms with Gasteiger partial charge < -0.3 is 10.1 Å². The lowest BCUT2D eigenvalue weighted by atomic mass is 9.77. The first-order valence-electron chi connectivity index (χ1n) is 6.83. The highest BCUT2D eigenvalue weighted by Crippen LogP contribution is 2.41. The van der Waals surface area contributed by atoms with E-state index in [-0.39, 0.29) is 5.82 Å². The highest BCUT2D eigenvalue weighted by molar-refractivity contribution is 5.17. The molecule has 2 nitrogen and oxygen atoms in total. The van der Waals surface area contributed by atoms with Crippen molar-refractivity contribution in [3.8, 4) is 0 Å². The predicted octanol–water partition coefficient (Wildman–Crippen LogP) is 2.53. The quantitative estimate of drug-likeness (QED) is 0.869. The second-order valence-corrected chi connectivity index (χ2v) is 5.72. The highest BCUT2D eigenvalue weighted by atomic mass is 19.1. The van der Waals surface area contributed by atoms with Crippen molar-refractivity contribution in [1.29, 1.82) is 0 Å². The third kappa shape index (κ3) is 2.57. The van der Waals surface area contributed by atoms with Crippen molar-refractivity contribution in [2.24, 2.45) is 5.41 Å². The van der Waals surface area contributed by atoms with Crippen LogP contribution in [0.1, 0.15) is 24.8 Å². The van der Waals surface area contributed by atoms with Crippen LogP contribution in [0.15, 0.2) is 24.3 Å². The first-order chi connectivity index (χ1) is 8.76. The topological polar surface area (TPSA) is 21.3 Å². The minimum Gasteiger partial charge on any atom is -0.377 e. The molecule has 1 aromatic carbocycles. The summed E-state index contributed by atoms with van der Waals surface area (Å²) in [5.74, 6) is -0.166. The number of rotatable bonds is 2. The maximum absolute atomic E-state index is 12.8. The monoisotopic (exact) mass is 249 g/mol. The maximum atomic E-state index is 12.8. The lowest BCUT2D eigenvalue weighted by Gasteiger charge is -2.32. The zero-order valence-electron chi connectivity index (χ0n) is 10.6. The summed E-state index contributed by atoms with van der Waals surface area (Å²) in [5, 5.41) is 3.41. The van der Waals surface area contributed by atoms with E-state index in [1.54, 1.807) is 0 Å². The fourth-order valence-electron chi connectivity index (χ4n) is 3.22. The lowest BCUT2D eigenvalue weighted by Crippen LogP contribution is -2.37. The Kier molecular flexibility index (Phi) is 3.35. The molecule has 3 rings (SSSR count). The van der Waals surface area contributed by atoms with E-state index in [1.807, 2.05) is 12.1 Å². The zero-order chi connectivity index (χ0) is 12.4. The van der Waals surface area contributed by atoms with Crippen LogP contribution in [-0.2, 0) is 11.2 Å². The molecule has 1 aromatic rings. The van der Waals surface area contributed by atoms with Crippen molar-refractivity contribution in [2.75, 3.05) is 19.7 Å². The van der Waals surface area contributed by atoms with Crippen molar-refractivity contribution < 1.29 is 9.13 Å². The summed E-state index contributed by atoms with van der Waals surface area (Å²) in [5.41, 5.74) is 1.59. The van der Waals surface area contributed by atoms with Gasteiger partial charge in [-0.2, -0.15) is 0 Å². The van der Waals surface area contributed by atoms with Crippen molar-refractivity contribution in [3.05, 3.63) is 35.6 Å². The largest absolute Gasteiger partial charge is 0.377 e. The van der Waals surface area contributed by atoms with Gasteiger partial charge in [-0.15, -0.1) is 0 Å². The van der Waals surface area contributed by atoms with E-state index in [0.29, 0.717) is 11.5 Å². The molecule has 0 aliphatic carbocycles. The molecule has 18 heavy (non-hydrogen) atoms. The number of piperidine rings is 1. The molecule has 2 aliphatic heterocycles. The van der Waals surface area contributed by atoms with Crippen LogP contribution >= 0.6 is 0 Å². The van der Waals surface area contributed by atoms with Gasteiger partial charge in [0.1, 0.15) is 5.82 Å². The summed E-state index contributed by atoms with van der Waals surface area (Å²) >= 11 is 0. The Morgan fingerprint density at radius 1 is 1.22 bits per heavy atom. The molecule has 0 saturated carbocycles. The molecule has 0 bridgehead atoms. The molecule has 2 heterocycles. The molecule has 0 amide bonds. The maximum Gasteiger partial charge on any atom is 0.123 e. The summed E-state index contributed by atoms with van der Waals surface area (Å²) in [6.45, 7) is 3.14. The van der Waals surface area contributed by atoms with Crippen LogP contribution in [0.5, 0.6) is 0 Å². The third-order valence-corrected chi connectivity index (χ3v) is 4.33. The Hall–Kier alpha value is -0.930. The Morgan fingerprint density at radius 2 is 1.94 bits per heavy atom. The van der Waals surface area contributed by atoms with Gasteiger partial charge in [-0.3, -0.25) is 0 Å². The highest BCUT2D eigenvalue weighted by Gasteiger charge is 2.40. The second-order valence-electron chi connectivity index (χ2n) is 5.72. The van der Waals surface area contributed by atoms with Crippen molar-refractivity contribution in [2.45, 2.75) is 31.8 Å². The Morgan fingerprint density at radius 3 is 2.67 bits per heavy atom. The number of hydrogen-bond donors (Lipinski definition) is 1. The fourth-order valence-corrected chi connectivity index (χ4v) is 3.22. The minimum absolute atomic E-state index is 0.166. The summed E-state index contributed by atoms with van der Waals surface area (Å²) in [6, 6.07) is 6.80. The Balaban J connectivity index is 1.60. The molecule has 1 atom stereocenters. The fraction of sp³-hybridized carbons (Fsp3) is 0.600. The van der Waals surface area contributed by atoms with Crippen LogP contribution in [0.3, 0.4) is 0 Å². The summed E-state index contributed by atoms with van der Waals surface area (Å²) in [7, 11) is 0. The first kappa shape index (κ1) is 12.1. The number of halogens is 1. The van der Waals surface area contributed by atoms with Crippen LogP contribution in [0.4, 0.5) is 4.39 Å². The molecule has 2 fully saturated rings. The molecular formula is C15H20FNO. The molecule has 3 heteroatoms. The van der Waals surface area contributed by atoms with E-state index in [9.17, 15) is 4.39 Å². The van der Waals surface area contributed by atoms with Crippen LogP contribution in [0.25, 0.3) is 0 Å². The van der Waals surface area contributed by atoms with Gasteiger partial charge in [0.25, 0.3) is 0 Å². The SMILES string of the molecule is Fc1ccc(CC2CC3(CCNCC3)CO2)cc1. The van der Waals surface area contributed by atoms with Gasteiger partial charge in [0.15, 0.2) is 0 Å². The second kappa shape index (κ2) is 4.98. The van der Waals surface area contributed by atoms with Gasteiger partial charge >= 0.3 is 0 Å². The molecule has 0 aromatic heterocycles. The van der Waals surface area contributed by atoms with Gasteiger partial charge in [0, 0.05) is 0 Å². The van der Waals surface area contributed by atoms with Gasteiger partial charge in [-0.25, -0.2) is 4.39 Å². The number of benzene rings is 1. The van der Waals surface area contributed by atoms with Gasteiger partial charge in [0.2, 0.25) is 0 Å². The average molecular weight is 249 g/mol. The van der Waals surface area contributed by atoms with Crippen LogP contribution < -0.4 is 5.32 Å². The molecule has 0 radical (unpaired) electrons. The first-order valence-corrected chi connectivity index (χ1v) is 6.83. The molecule has 2 aliphatic rings. The lowest BCUT2D eigenvalue weighted by molar-refractivity contribution is 0.0867. The van der Waals surface area contributed by atoms with E-state index >= 15 is 0 Å². The van der Waals surface area contributed by atoms with E-state index in [1.165, 1.54) is 30.5 Å². The molecule has 2 saturated heterocycles. The smallest absolute Gasteiger partial charge is 0.123 e. The number of nitrogens with one attached hydrogen (secondary N) is 1. The van der Waals surface area contributed by atoms with E-state index in [2.05, 4.69) is 5.32 Å². The van der Waals surface area contributed by atoms with Crippen LogP contribution in [0.2, 0.25) is 0 Å². The van der Waals surface area contributed by atoms with Gasteiger partial charge in [-0.1, -0.05) is 12.1 Å². The van der Waals surface area contributed by atoms with Crippen LogP contribution in [-0.4, -0.2) is 25.8 Å². The number of hydrogen-bond acceptors (Lipinski definition) is 2. The van der Waals surface area contributed by atoms with Gasteiger partial charge in [0.05, 0.1) is 12.7 Å².